The minimum absolute atomic E-state index is 0.0291. The van der Waals surface area contributed by atoms with Gasteiger partial charge in [-0.15, -0.1) is 0 Å². The van der Waals surface area contributed by atoms with Crippen LogP contribution in [-0.2, 0) is 9.53 Å². The molecule has 1 aliphatic carbocycles. The minimum Gasteiger partial charge on any atom is -0.469 e. The predicted molar refractivity (Wildman–Crippen MR) is 74.7 cm³/mol. The number of methoxy groups -OCH3 is 1. The van der Waals surface area contributed by atoms with Gasteiger partial charge in [-0.1, -0.05) is 19.8 Å². The van der Waals surface area contributed by atoms with Gasteiger partial charge < -0.3 is 10.1 Å². The molecule has 0 aromatic carbocycles. The summed E-state index contributed by atoms with van der Waals surface area (Å²) in [6.07, 6.45) is 8.92. The van der Waals surface area contributed by atoms with Crippen LogP contribution in [0.15, 0.2) is 0 Å². The Morgan fingerprint density at radius 3 is 2.53 bits per heavy atom. The second kappa shape index (κ2) is 5.43. The molecular formula is C16H27NO2. The van der Waals surface area contributed by atoms with Crippen molar-refractivity contribution in [2.75, 3.05) is 7.11 Å². The number of esters is 1. The Balaban J connectivity index is 1.75. The number of carbonyl (C=O) groups is 1. The molecule has 3 rings (SSSR count). The number of fused-ring (bicyclic) bond motifs is 2. The van der Waals surface area contributed by atoms with E-state index >= 15 is 0 Å². The fourth-order valence-corrected chi connectivity index (χ4v) is 4.77. The van der Waals surface area contributed by atoms with Gasteiger partial charge in [0.1, 0.15) is 0 Å². The second-order valence-corrected chi connectivity index (χ2v) is 7.02. The van der Waals surface area contributed by atoms with Crippen molar-refractivity contribution in [3.8, 4) is 0 Å². The van der Waals surface area contributed by atoms with E-state index in [-0.39, 0.29) is 11.9 Å². The summed E-state index contributed by atoms with van der Waals surface area (Å²) >= 11 is 0. The summed E-state index contributed by atoms with van der Waals surface area (Å²) in [6, 6.07) is 1.05. The lowest BCUT2D eigenvalue weighted by atomic mass is 9.67. The van der Waals surface area contributed by atoms with E-state index in [9.17, 15) is 4.79 Å². The van der Waals surface area contributed by atoms with Crippen molar-refractivity contribution in [3.05, 3.63) is 0 Å². The fraction of sp³-hybridized carbons (Fsp3) is 0.938. The van der Waals surface area contributed by atoms with E-state index in [0.717, 1.165) is 18.3 Å². The van der Waals surface area contributed by atoms with Gasteiger partial charge >= 0.3 is 5.97 Å². The maximum Gasteiger partial charge on any atom is 0.310 e. The first-order valence-electron chi connectivity index (χ1n) is 8.03. The van der Waals surface area contributed by atoms with Crippen LogP contribution < -0.4 is 5.32 Å². The van der Waals surface area contributed by atoms with E-state index in [4.69, 9.17) is 4.74 Å². The summed E-state index contributed by atoms with van der Waals surface area (Å²) in [5.74, 6) is 2.35. The highest BCUT2D eigenvalue weighted by Crippen LogP contribution is 2.45. The van der Waals surface area contributed by atoms with Gasteiger partial charge in [-0.05, 0) is 49.9 Å². The predicted octanol–water partition coefficient (Wildman–Crippen LogP) is 2.74. The van der Waals surface area contributed by atoms with Gasteiger partial charge in [0, 0.05) is 12.1 Å². The molecule has 1 saturated carbocycles. The lowest BCUT2D eigenvalue weighted by molar-refractivity contribution is -0.151. The third-order valence-electron chi connectivity index (χ3n) is 5.87. The van der Waals surface area contributed by atoms with Crippen LogP contribution in [0.2, 0.25) is 0 Å². The molecule has 1 N–H and O–H groups in total. The molecule has 2 heterocycles. The van der Waals surface area contributed by atoms with Crippen molar-refractivity contribution >= 4 is 5.97 Å². The molecule has 2 bridgehead atoms. The summed E-state index contributed by atoms with van der Waals surface area (Å²) in [6.45, 7) is 2.36. The molecule has 3 aliphatic rings. The monoisotopic (exact) mass is 265 g/mol. The minimum atomic E-state index is 0.0291. The quantitative estimate of drug-likeness (QED) is 0.780. The Morgan fingerprint density at radius 1 is 1.11 bits per heavy atom. The van der Waals surface area contributed by atoms with Crippen molar-refractivity contribution in [1.82, 2.24) is 5.32 Å². The summed E-state index contributed by atoms with van der Waals surface area (Å²) in [5.41, 5.74) is 0. The molecule has 0 aromatic rings. The third kappa shape index (κ3) is 2.54. The number of carbonyl (C=O) groups excluding carboxylic acids is 1. The van der Waals surface area contributed by atoms with E-state index in [0.29, 0.717) is 18.0 Å². The summed E-state index contributed by atoms with van der Waals surface area (Å²) in [7, 11) is 1.55. The van der Waals surface area contributed by atoms with Gasteiger partial charge in [-0.3, -0.25) is 4.79 Å². The average molecular weight is 265 g/mol. The number of piperidine rings is 1. The maximum absolute atomic E-state index is 12.2. The van der Waals surface area contributed by atoms with Gasteiger partial charge in [0.05, 0.1) is 13.0 Å². The molecule has 2 unspecified atom stereocenters. The highest BCUT2D eigenvalue weighted by atomic mass is 16.5. The molecular weight excluding hydrogens is 238 g/mol. The van der Waals surface area contributed by atoms with Crippen LogP contribution in [0.3, 0.4) is 0 Å². The summed E-state index contributed by atoms with van der Waals surface area (Å²) < 4.78 is 5.10. The molecule has 0 amide bonds. The Kier molecular flexibility index (Phi) is 3.84. The van der Waals surface area contributed by atoms with Crippen LogP contribution in [0.5, 0.6) is 0 Å². The van der Waals surface area contributed by atoms with Crippen molar-refractivity contribution in [2.45, 2.75) is 64.0 Å². The number of ether oxygens (including phenoxy) is 1. The molecule has 3 fully saturated rings. The first-order chi connectivity index (χ1) is 9.19. The van der Waals surface area contributed by atoms with Crippen LogP contribution in [0.4, 0.5) is 0 Å². The number of hydrogen-bond donors (Lipinski definition) is 1. The molecule has 4 atom stereocenters. The van der Waals surface area contributed by atoms with Crippen molar-refractivity contribution < 1.29 is 9.53 Å². The first kappa shape index (κ1) is 13.4. The van der Waals surface area contributed by atoms with Gasteiger partial charge in [0.2, 0.25) is 0 Å². The van der Waals surface area contributed by atoms with Crippen LogP contribution in [0, 0.1) is 23.7 Å². The zero-order chi connectivity index (χ0) is 13.4. The molecule has 3 nitrogen and oxygen atoms in total. The third-order valence-corrected chi connectivity index (χ3v) is 5.87. The van der Waals surface area contributed by atoms with E-state index in [2.05, 4.69) is 12.2 Å². The number of hydrogen-bond acceptors (Lipinski definition) is 3. The Hall–Kier alpha value is -0.570. The Morgan fingerprint density at radius 2 is 1.84 bits per heavy atom. The molecule has 0 aromatic heterocycles. The maximum atomic E-state index is 12.2. The van der Waals surface area contributed by atoms with Gasteiger partial charge in [-0.25, -0.2) is 0 Å². The zero-order valence-electron chi connectivity index (χ0n) is 12.2. The summed E-state index contributed by atoms with van der Waals surface area (Å²) in [5, 5.41) is 3.63. The number of rotatable bonds is 2. The van der Waals surface area contributed by atoms with Crippen molar-refractivity contribution in [2.24, 2.45) is 23.7 Å². The van der Waals surface area contributed by atoms with E-state index in [1.807, 2.05) is 0 Å². The SMILES string of the molecule is COC(=O)C1C2CC[C@H](C[C@@H]1C1CCC(C)CC1)N2. The average Bonchev–Trinajstić information content (AvgIpc) is 2.80. The van der Waals surface area contributed by atoms with Crippen molar-refractivity contribution in [3.63, 3.8) is 0 Å². The Bertz CT molecular complexity index is 336. The molecule has 108 valence electrons. The van der Waals surface area contributed by atoms with Crippen LogP contribution in [0.25, 0.3) is 0 Å². The van der Waals surface area contributed by atoms with Crippen LogP contribution in [-0.4, -0.2) is 25.2 Å². The van der Waals surface area contributed by atoms with E-state index < -0.39 is 0 Å². The molecule has 2 aliphatic heterocycles. The standard InChI is InChI=1S/C16H27NO2/c1-10-3-5-11(6-4-10)13-9-12-7-8-14(17-12)15(13)16(18)19-2/h10-15,17H,3-9H2,1-2H3/t10?,11?,12-,13-,14?,15?/m1/s1. The molecule has 19 heavy (non-hydrogen) atoms. The normalized spacial score (nSPS) is 46.0. The van der Waals surface area contributed by atoms with Gasteiger partial charge in [0.15, 0.2) is 0 Å². The molecule has 3 heteroatoms. The molecule has 2 saturated heterocycles. The van der Waals surface area contributed by atoms with E-state index in [1.165, 1.54) is 38.5 Å². The fourth-order valence-electron chi connectivity index (χ4n) is 4.77. The van der Waals surface area contributed by atoms with Gasteiger partial charge in [0.25, 0.3) is 0 Å². The Labute approximate surface area is 116 Å². The lowest BCUT2D eigenvalue weighted by Crippen LogP contribution is -2.51. The summed E-state index contributed by atoms with van der Waals surface area (Å²) in [4.78, 5) is 12.2. The highest BCUT2D eigenvalue weighted by molar-refractivity contribution is 5.74. The first-order valence-corrected chi connectivity index (χ1v) is 8.03. The highest BCUT2D eigenvalue weighted by Gasteiger charge is 2.48. The van der Waals surface area contributed by atoms with Crippen LogP contribution >= 0.6 is 0 Å². The molecule has 0 radical (unpaired) electrons. The zero-order valence-corrected chi connectivity index (χ0v) is 12.2. The van der Waals surface area contributed by atoms with Gasteiger partial charge in [-0.2, -0.15) is 0 Å². The van der Waals surface area contributed by atoms with Crippen LogP contribution in [0.1, 0.15) is 51.9 Å². The largest absolute Gasteiger partial charge is 0.469 e. The number of nitrogens with one attached hydrogen (secondary N) is 1. The smallest absolute Gasteiger partial charge is 0.310 e. The topological polar surface area (TPSA) is 38.3 Å². The molecule has 0 spiro atoms. The van der Waals surface area contributed by atoms with E-state index in [1.54, 1.807) is 7.11 Å². The second-order valence-electron chi connectivity index (χ2n) is 7.02. The van der Waals surface area contributed by atoms with Crippen molar-refractivity contribution in [1.29, 1.82) is 0 Å². The lowest BCUT2D eigenvalue weighted by Gasteiger charge is -2.42.